The van der Waals surface area contributed by atoms with Gasteiger partial charge in [-0.25, -0.2) is 4.79 Å². The van der Waals surface area contributed by atoms with Crippen LogP contribution in [0.1, 0.15) is 34.1 Å². The molecule has 2 fully saturated rings. The molecular weight excluding hydrogens is 412 g/mol. The predicted molar refractivity (Wildman–Crippen MR) is 109 cm³/mol. The van der Waals surface area contributed by atoms with E-state index in [9.17, 15) is 19.5 Å². The molecule has 1 amide bonds. The maximum atomic E-state index is 12.9. The van der Waals surface area contributed by atoms with Crippen molar-refractivity contribution < 1.29 is 33.7 Å². The van der Waals surface area contributed by atoms with Gasteiger partial charge in [0.2, 0.25) is 12.7 Å². The molecule has 9 nitrogen and oxygen atoms in total. The van der Waals surface area contributed by atoms with Crippen molar-refractivity contribution >= 4 is 29.6 Å². The van der Waals surface area contributed by atoms with E-state index in [-0.39, 0.29) is 40.8 Å². The average molecular weight is 443 g/mol. The van der Waals surface area contributed by atoms with Gasteiger partial charge in [-0.05, 0) is 13.3 Å². The number of esters is 2. The number of aliphatic hydroxyl groups excluding tert-OH is 1. The third-order valence-electron chi connectivity index (χ3n) is 5.82. The lowest BCUT2D eigenvalue weighted by Crippen LogP contribution is -2.63. The van der Waals surface area contributed by atoms with E-state index in [1.165, 1.54) is 16.7 Å². The summed E-state index contributed by atoms with van der Waals surface area (Å²) in [4.78, 5) is 39.4. The van der Waals surface area contributed by atoms with Crippen molar-refractivity contribution in [3.8, 4) is 0 Å². The Morgan fingerprint density at radius 2 is 2.03 bits per heavy atom. The molecule has 0 bridgehead atoms. The number of fused-ring (bicyclic) bond motifs is 1. The van der Waals surface area contributed by atoms with E-state index in [2.05, 4.69) is 0 Å². The summed E-state index contributed by atoms with van der Waals surface area (Å²) in [6, 6.07) is -0.306. The summed E-state index contributed by atoms with van der Waals surface area (Å²) >= 11 is 1.49. The van der Waals surface area contributed by atoms with Crippen LogP contribution in [0, 0.1) is 17.8 Å². The maximum Gasteiger partial charge on any atom is 0.358 e. The standard InChI is InChI=1S/C20H30N2O7S/c1-9(2)19(25)28-8-29-20(26)16-17(30-13-5-6-27-12(13)7-21)10(3)15-14(11(4)23)18(24)22(15)16/h9-15,23H,5-8,21H2,1-4H3/t10-,11-,12?,13?,14-,15?/m1/s1. The van der Waals surface area contributed by atoms with E-state index in [4.69, 9.17) is 19.9 Å². The molecule has 6 atom stereocenters. The number of aliphatic hydroxyl groups is 1. The first-order chi connectivity index (χ1) is 14.2. The Morgan fingerprint density at radius 1 is 1.33 bits per heavy atom. The molecule has 0 spiro atoms. The first-order valence-electron chi connectivity index (χ1n) is 10.3. The van der Waals surface area contributed by atoms with Crippen LogP contribution >= 0.6 is 11.8 Å². The van der Waals surface area contributed by atoms with Gasteiger partial charge >= 0.3 is 11.9 Å². The summed E-state index contributed by atoms with van der Waals surface area (Å²) in [6.07, 6.45) is -0.160. The van der Waals surface area contributed by atoms with Crippen LogP contribution in [0.2, 0.25) is 0 Å². The van der Waals surface area contributed by atoms with E-state index in [1.807, 2.05) is 6.92 Å². The Morgan fingerprint density at radius 3 is 2.63 bits per heavy atom. The zero-order valence-electron chi connectivity index (χ0n) is 17.7. The molecule has 3 rings (SSSR count). The lowest BCUT2D eigenvalue weighted by Gasteiger charge is -2.46. The fourth-order valence-electron chi connectivity index (χ4n) is 4.19. The normalized spacial score (nSPS) is 31.6. The minimum Gasteiger partial charge on any atom is -0.428 e. The van der Waals surface area contributed by atoms with Crippen LogP contribution in [0.5, 0.6) is 0 Å². The Bertz CT molecular complexity index is 739. The molecule has 168 valence electrons. The van der Waals surface area contributed by atoms with Crippen LogP contribution in [-0.2, 0) is 28.6 Å². The van der Waals surface area contributed by atoms with E-state index in [1.54, 1.807) is 20.8 Å². The molecule has 0 aliphatic carbocycles. The highest BCUT2D eigenvalue weighted by Gasteiger charge is 2.60. The van der Waals surface area contributed by atoms with Crippen LogP contribution in [0.25, 0.3) is 0 Å². The number of carbonyl (C=O) groups excluding carboxylic acids is 3. The Hall–Kier alpha value is -1.62. The summed E-state index contributed by atoms with van der Waals surface area (Å²) in [5.74, 6) is -2.56. The van der Waals surface area contributed by atoms with Crippen molar-refractivity contribution in [1.82, 2.24) is 4.90 Å². The summed E-state index contributed by atoms with van der Waals surface area (Å²) in [6.45, 7) is 7.32. The number of β-lactam (4-membered cyclic amide) rings is 1. The highest BCUT2D eigenvalue weighted by Crippen LogP contribution is 2.52. The van der Waals surface area contributed by atoms with Gasteiger partial charge in [0.05, 0.1) is 30.1 Å². The van der Waals surface area contributed by atoms with Gasteiger partial charge in [-0.3, -0.25) is 9.59 Å². The predicted octanol–water partition coefficient (Wildman–Crippen LogP) is 0.605. The van der Waals surface area contributed by atoms with Gasteiger partial charge in [-0.1, -0.05) is 20.8 Å². The zero-order valence-corrected chi connectivity index (χ0v) is 18.5. The average Bonchev–Trinajstić information content (AvgIpc) is 3.22. The van der Waals surface area contributed by atoms with Crippen molar-refractivity contribution in [1.29, 1.82) is 0 Å². The molecule has 3 N–H and O–H groups in total. The number of rotatable bonds is 8. The van der Waals surface area contributed by atoms with Crippen LogP contribution < -0.4 is 5.73 Å². The number of nitrogens with two attached hydrogens (primary N) is 1. The Kier molecular flexibility index (Phi) is 7.11. The first kappa shape index (κ1) is 23.1. The number of ether oxygens (including phenoxy) is 3. The second kappa shape index (κ2) is 9.25. The molecule has 2 saturated heterocycles. The lowest BCUT2D eigenvalue weighted by molar-refractivity contribution is -0.173. The minimum absolute atomic E-state index is 0.0628. The van der Waals surface area contributed by atoms with Crippen LogP contribution in [-0.4, -0.2) is 71.3 Å². The monoisotopic (exact) mass is 442 g/mol. The van der Waals surface area contributed by atoms with Crippen LogP contribution in [0.4, 0.5) is 0 Å². The number of hydrogen-bond donors (Lipinski definition) is 2. The number of amides is 1. The highest BCUT2D eigenvalue weighted by atomic mass is 32.2. The van der Waals surface area contributed by atoms with Gasteiger partial charge in [-0.2, -0.15) is 0 Å². The smallest absolute Gasteiger partial charge is 0.358 e. The van der Waals surface area contributed by atoms with Gasteiger partial charge < -0.3 is 30.0 Å². The van der Waals surface area contributed by atoms with Crippen molar-refractivity contribution in [2.24, 2.45) is 23.5 Å². The molecule has 3 heterocycles. The third-order valence-corrected chi connectivity index (χ3v) is 7.49. The summed E-state index contributed by atoms with van der Waals surface area (Å²) in [7, 11) is 0. The van der Waals surface area contributed by atoms with E-state index in [0.29, 0.717) is 13.2 Å². The van der Waals surface area contributed by atoms with Gasteiger partial charge in [0, 0.05) is 29.2 Å². The van der Waals surface area contributed by atoms with Crippen molar-refractivity contribution in [3.05, 3.63) is 10.6 Å². The topological polar surface area (TPSA) is 128 Å². The SMILES string of the molecule is CC(C)C(=O)OCOC(=O)C1=C(SC2CCOC2CN)[C@H](C)C2[C@@H]([C@@H](C)O)C(=O)N12. The third kappa shape index (κ3) is 4.10. The summed E-state index contributed by atoms with van der Waals surface area (Å²) in [5, 5.41) is 10.1. The van der Waals surface area contributed by atoms with E-state index in [0.717, 1.165) is 11.3 Å². The van der Waals surface area contributed by atoms with E-state index >= 15 is 0 Å². The minimum atomic E-state index is -0.818. The molecule has 10 heteroatoms. The Labute approximate surface area is 180 Å². The fourth-order valence-corrected chi connectivity index (χ4v) is 5.72. The summed E-state index contributed by atoms with van der Waals surface area (Å²) < 4.78 is 15.8. The largest absolute Gasteiger partial charge is 0.428 e. The van der Waals surface area contributed by atoms with Crippen molar-refractivity contribution in [2.75, 3.05) is 19.9 Å². The van der Waals surface area contributed by atoms with Gasteiger partial charge in [0.15, 0.2) is 0 Å². The maximum absolute atomic E-state index is 12.9. The molecule has 3 aliphatic rings. The van der Waals surface area contributed by atoms with E-state index < -0.39 is 30.8 Å². The quantitative estimate of drug-likeness (QED) is 0.315. The Balaban J connectivity index is 1.81. The molecule has 0 aromatic heterocycles. The molecule has 3 aliphatic heterocycles. The van der Waals surface area contributed by atoms with Crippen LogP contribution in [0.15, 0.2) is 10.6 Å². The van der Waals surface area contributed by atoms with Gasteiger partial charge in [-0.15, -0.1) is 11.8 Å². The number of thioether (sulfide) groups is 1. The first-order valence-corrected chi connectivity index (χ1v) is 11.1. The molecule has 30 heavy (non-hydrogen) atoms. The molecule has 0 aromatic carbocycles. The molecule has 0 radical (unpaired) electrons. The molecular formula is C20H30N2O7S. The highest BCUT2D eigenvalue weighted by molar-refractivity contribution is 8.03. The van der Waals surface area contributed by atoms with Gasteiger partial charge in [0.25, 0.3) is 0 Å². The number of hydrogen-bond acceptors (Lipinski definition) is 9. The molecule has 0 aromatic rings. The summed E-state index contributed by atoms with van der Waals surface area (Å²) in [5.41, 5.74) is 5.97. The fraction of sp³-hybridized carbons (Fsp3) is 0.750. The molecule has 3 unspecified atom stereocenters. The number of nitrogens with zero attached hydrogens (tertiary/aromatic N) is 1. The second-order valence-electron chi connectivity index (χ2n) is 8.22. The second-order valence-corrected chi connectivity index (χ2v) is 9.51. The lowest BCUT2D eigenvalue weighted by atomic mass is 9.79. The van der Waals surface area contributed by atoms with Crippen LogP contribution in [0.3, 0.4) is 0 Å². The number of carbonyl (C=O) groups is 3. The van der Waals surface area contributed by atoms with Crippen molar-refractivity contribution in [2.45, 2.75) is 57.6 Å². The van der Waals surface area contributed by atoms with Gasteiger partial charge in [0.1, 0.15) is 5.70 Å². The molecule has 0 saturated carbocycles. The van der Waals surface area contributed by atoms with Crippen molar-refractivity contribution in [3.63, 3.8) is 0 Å². The zero-order chi connectivity index (χ0) is 22.2.